The van der Waals surface area contributed by atoms with Gasteiger partial charge in [0.2, 0.25) is 0 Å². The molecule has 0 aliphatic heterocycles. The summed E-state index contributed by atoms with van der Waals surface area (Å²) in [5, 5.41) is 12.6. The number of hydrogen-bond donors (Lipinski definition) is 2. The van der Waals surface area contributed by atoms with Gasteiger partial charge in [-0.15, -0.1) is 11.8 Å². The number of benzene rings is 1. The van der Waals surface area contributed by atoms with E-state index in [0.717, 1.165) is 5.56 Å². The van der Waals surface area contributed by atoms with Gasteiger partial charge in [0, 0.05) is 16.7 Å². The van der Waals surface area contributed by atoms with Gasteiger partial charge in [-0.25, -0.2) is 0 Å². The van der Waals surface area contributed by atoms with E-state index in [1.165, 1.54) is 4.90 Å². The smallest absolute Gasteiger partial charge is 0.323 e. The SMILES string of the molecule is CC(C)Sc1ccc(CNC(C)(C)C(=O)O)cc1. The van der Waals surface area contributed by atoms with Gasteiger partial charge in [0.05, 0.1) is 0 Å². The van der Waals surface area contributed by atoms with Gasteiger partial charge in [0.25, 0.3) is 0 Å². The third-order valence-electron chi connectivity index (χ3n) is 2.56. The molecule has 100 valence electrons. The molecule has 2 N–H and O–H groups in total. The van der Waals surface area contributed by atoms with Crippen LogP contribution in [0.25, 0.3) is 0 Å². The molecule has 0 spiro atoms. The zero-order valence-electron chi connectivity index (χ0n) is 11.4. The topological polar surface area (TPSA) is 49.3 Å². The maximum atomic E-state index is 11.0. The third-order valence-corrected chi connectivity index (χ3v) is 3.58. The van der Waals surface area contributed by atoms with Crippen molar-refractivity contribution in [2.45, 2.75) is 49.9 Å². The van der Waals surface area contributed by atoms with Gasteiger partial charge >= 0.3 is 5.97 Å². The van der Waals surface area contributed by atoms with Crippen LogP contribution in [0.3, 0.4) is 0 Å². The fourth-order valence-electron chi connectivity index (χ4n) is 1.36. The molecule has 1 rings (SSSR count). The molecule has 1 aromatic carbocycles. The number of aliphatic carboxylic acids is 1. The lowest BCUT2D eigenvalue weighted by atomic mass is 10.1. The van der Waals surface area contributed by atoms with E-state index in [4.69, 9.17) is 5.11 Å². The lowest BCUT2D eigenvalue weighted by molar-refractivity contribution is -0.143. The molecule has 0 radical (unpaired) electrons. The Morgan fingerprint density at radius 1 is 1.33 bits per heavy atom. The van der Waals surface area contributed by atoms with Crippen molar-refractivity contribution in [2.75, 3.05) is 0 Å². The molecule has 0 unspecified atom stereocenters. The first-order valence-corrected chi connectivity index (χ1v) is 6.93. The Kier molecular flexibility index (Phi) is 5.23. The Morgan fingerprint density at radius 2 is 1.89 bits per heavy atom. The van der Waals surface area contributed by atoms with Gasteiger partial charge in [-0.1, -0.05) is 26.0 Å². The fourth-order valence-corrected chi connectivity index (χ4v) is 2.19. The van der Waals surface area contributed by atoms with E-state index in [-0.39, 0.29) is 0 Å². The van der Waals surface area contributed by atoms with Crippen LogP contribution < -0.4 is 5.32 Å². The normalized spacial score (nSPS) is 11.8. The quantitative estimate of drug-likeness (QED) is 0.777. The van der Waals surface area contributed by atoms with Crippen molar-refractivity contribution in [3.05, 3.63) is 29.8 Å². The summed E-state index contributed by atoms with van der Waals surface area (Å²) in [6.07, 6.45) is 0. The first kappa shape index (κ1) is 15.1. The second kappa shape index (κ2) is 6.25. The highest BCUT2D eigenvalue weighted by atomic mass is 32.2. The molecular weight excluding hydrogens is 246 g/mol. The van der Waals surface area contributed by atoms with Gasteiger partial charge in [0.15, 0.2) is 0 Å². The summed E-state index contributed by atoms with van der Waals surface area (Å²) >= 11 is 1.82. The number of carboxylic acid groups (broad SMARTS) is 1. The summed E-state index contributed by atoms with van der Waals surface area (Å²) in [5.74, 6) is -0.838. The fraction of sp³-hybridized carbons (Fsp3) is 0.500. The minimum absolute atomic E-state index is 0.561. The molecule has 0 atom stereocenters. The van der Waals surface area contributed by atoms with E-state index in [2.05, 4.69) is 31.3 Å². The van der Waals surface area contributed by atoms with Crippen molar-refractivity contribution in [2.24, 2.45) is 0 Å². The number of rotatable bonds is 6. The lowest BCUT2D eigenvalue weighted by Gasteiger charge is -2.21. The minimum Gasteiger partial charge on any atom is -0.480 e. The molecule has 18 heavy (non-hydrogen) atoms. The summed E-state index contributed by atoms with van der Waals surface area (Å²) in [6, 6.07) is 8.23. The summed E-state index contributed by atoms with van der Waals surface area (Å²) in [5.41, 5.74) is 0.197. The minimum atomic E-state index is -0.897. The maximum Gasteiger partial charge on any atom is 0.323 e. The van der Waals surface area contributed by atoms with Crippen molar-refractivity contribution >= 4 is 17.7 Å². The number of thioether (sulfide) groups is 1. The van der Waals surface area contributed by atoms with Crippen LogP contribution in [0.15, 0.2) is 29.2 Å². The largest absolute Gasteiger partial charge is 0.480 e. The summed E-state index contributed by atoms with van der Waals surface area (Å²) in [7, 11) is 0. The van der Waals surface area contributed by atoms with Crippen LogP contribution in [0.1, 0.15) is 33.3 Å². The second-order valence-corrected chi connectivity index (χ2v) is 6.74. The zero-order valence-corrected chi connectivity index (χ0v) is 12.2. The van der Waals surface area contributed by atoms with Crippen molar-refractivity contribution in [1.29, 1.82) is 0 Å². The molecule has 0 aliphatic carbocycles. The first-order valence-electron chi connectivity index (χ1n) is 6.05. The molecule has 0 aromatic heterocycles. The van der Waals surface area contributed by atoms with E-state index < -0.39 is 11.5 Å². The number of carboxylic acids is 1. The van der Waals surface area contributed by atoms with Crippen LogP contribution in [-0.2, 0) is 11.3 Å². The van der Waals surface area contributed by atoms with E-state index in [9.17, 15) is 4.79 Å². The summed E-state index contributed by atoms with van der Waals surface area (Å²) < 4.78 is 0. The van der Waals surface area contributed by atoms with Crippen LogP contribution in [0.2, 0.25) is 0 Å². The molecular formula is C14H21NO2S. The van der Waals surface area contributed by atoms with Gasteiger partial charge in [-0.05, 0) is 31.5 Å². The van der Waals surface area contributed by atoms with E-state index in [1.807, 2.05) is 23.9 Å². The zero-order chi connectivity index (χ0) is 13.8. The Bertz CT molecular complexity index is 399. The van der Waals surface area contributed by atoms with Gasteiger partial charge in [-0.3, -0.25) is 10.1 Å². The maximum absolute atomic E-state index is 11.0. The standard InChI is InChI=1S/C14H21NO2S/c1-10(2)18-12-7-5-11(6-8-12)9-15-14(3,4)13(16)17/h5-8,10,15H,9H2,1-4H3,(H,16,17). The average molecular weight is 267 g/mol. The molecule has 0 bridgehead atoms. The van der Waals surface area contributed by atoms with Crippen LogP contribution in [-0.4, -0.2) is 21.9 Å². The highest BCUT2D eigenvalue weighted by Gasteiger charge is 2.25. The van der Waals surface area contributed by atoms with Gasteiger partial charge in [0.1, 0.15) is 5.54 Å². The molecule has 0 heterocycles. The Balaban J connectivity index is 2.57. The summed E-state index contributed by atoms with van der Waals surface area (Å²) in [4.78, 5) is 12.2. The molecule has 4 heteroatoms. The number of carbonyl (C=O) groups is 1. The highest BCUT2D eigenvalue weighted by molar-refractivity contribution is 7.99. The average Bonchev–Trinajstić information content (AvgIpc) is 2.27. The van der Waals surface area contributed by atoms with Crippen molar-refractivity contribution in [1.82, 2.24) is 5.32 Å². The Morgan fingerprint density at radius 3 is 2.33 bits per heavy atom. The van der Waals surface area contributed by atoms with Crippen LogP contribution >= 0.6 is 11.8 Å². The predicted octanol–water partition coefficient (Wildman–Crippen LogP) is 3.14. The number of hydrogen-bond acceptors (Lipinski definition) is 3. The van der Waals surface area contributed by atoms with E-state index >= 15 is 0 Å². The Labute approximate surface area is 113 Å². The van der Waals surface area contributed by atoms with Crippen LogP contribution in [0.5, 0.6) is 0 Å². The van der Waals surface area contributed by atoms with Crippen LogP contribution in [0, 0.1) is 0 Å². The van der Waals surface area contributed by atoms with Crippen LogP contribution in [0.4, 0.5) is 0 Å². The van der Waals surface area contributed by atoms with Crippen molar-refractivity contribution in [3.8, 4) is 0 Å². The highest BCUT2D eigenvalue weighted by Crippen LogP contribution is 2.22. The molecule has 1 aromatic rings. The molecule has 3 nitrogen and oxygen atoms in total. The lowest BCUT2D eigenvalue weighted by Crippen LogP contribution is -2.46. The van der Waals surface area contributed by atoms with Crippen molar-refractivity contribution < 1.29 is 9.90 Å². The first-order chi connectivity index (χ1) is 8.31. The predicted molar refractivity (Wildman–Crippen MR) is 76.0 cm³/mol. The molecule has 0 aliphatic rings. The van der Waals surface area contributed by atoms with E-state index in [1.54, 1.807) is 13.8 Å². The van der Waals surface area contributed by atoms with Crippen molar-refractivity contribution in [3.63, 3.8) is 0 Å². The molecule has 0 fully saturated rings. The number of nitrogens with one attached hydrogen (secondary N) is 1. The molecule has 0 amide bonds. The van der Waals surface area contributed by atoms with E-state index in [0.29, 0.717) is 11.8 Å². The second-order valence-electron chi connectivity index (χ2n) is 5.09. The summed E-state index contributed by atoms with van der Waals surface area (Å²) in [6.45, 7) is 8.22. The Hall–Kier alpha value is -1.00. The molecule has 0 saturated carbocycles. The van der Waals surface area contributed by atoms with Gasteiger partial charge < -0.3 is 5.11 Å². The third kappa shape index (κ3) is 4.70. The molecule has 0 saturated heterocycles. The monoisotopic (exact) mass is 267 g/mol. The van der Waals surface area contributed by atoms with Gasteiger partial charge in [-0.2, -0.15) is 0 Å².